The SMILES string of the molecule is O=C(O)CC1(CNC(=O)N2CCCC(CCO)C2)CCC1. The molecule has 0 aromatic carbocycles. The topological polar surface area (TPSA) is 89.9 Å². The molecule has 1 unspecified atom stereocenters. The molecule has 6 heteroatoms. The first-order chi connectivity index (χ1) is 10.0. The Morgan fingerprint density at radius 1 is 1.29 bits per heavy atom. The van der Waals surface area contributed by atoms with Crippen molar-refractivity contribution >= 4 is 12.0 Å². The van der Waals surface area contributed by atoms with Crippen LogP contribution in [-0.2, 0) is 4.79 Å². The van der Waals surface area contributed by atoms with Crippen molar-refractivity contribution in [1.82, 2.24) is 10.2 Å². The van der Waals surface area contributed by atoms with Gasteiger partial charge in [-0.25, -0.2) is 4.79 Å². The van der Waals surface area contributed by atoms with E-state index in [1.54, 1.807) is 4.90 Å². The number of aliphatic hydroxyl groups excluding tert-OH is 1. The molecule has 0 radical (unpaired) electrons. The Kier molecular flexibility index (Phi) is 5.45. The summed E-state index contributed by atoms with van der Waals surface area (Å²) in [4.78, 5) is 24.9. The maximum absolute atomic E-state index is 12.2. The van der Waals surface area contributed by atoms with Crippen LogP contribution in [0.3, 0.4) is 0 Å². The molecule has 2 rings (SSSR count). The van der Waals surface area contributed by atoms with Gasteiger partial charge in [-0.05, 0) is 43.4 Å². The molecule has 120 valence electrons. The van der Waals surface area contributed by atoms with Gasteiger partial charge in [0.25, 0.3) is 0 Å². The van der Waals surface area contributed by atoms with E-state index >= 15 is 0 Å². The first kappa shape index (κ1) is 16.1. The van der Waals surface area contributed by atoms with Gasteiger partial charge in [-0.15, -0.1) is 0 Å². The van der Waals surface area contributed by atoms with Crippen LogP contribution in [0.5, 0.6) is 0 Å². The lowest BCUT2D eigenvalue weighted by Gasteiger charge is -2.41. The molecule has 0 aromatic heterocycles. The average Bonchev–Trinajstić information content (AvgIpc) is 2.41. The molecule has 21 heavy (non-hydrogen) atoms. The summed E-state index contributed by atoms with van der Waals surface area (Å²) in [5.41, 5.74) is -0.234. The Bertz CT molecular complexity index is 380. The molecule has 1 saturated carbocycles. The summed E-state index contributed by atoms with van der Waals surface area (Å²) in [6.45, 7) is 2.07. The Labute approximate surface area is 125 Å². The molecule has 2 fully saturated rings. The van der Waals surface area contributed by atoms with Crippen LogP contribution in [0.2, 0.25) is 0 Å². The van der Waals surface area contributed by atoms with Crippen molar-refractivity contribution in [2.75, 3.05) is 26.2 Å². The smallest absolute Gasteiger partial charge is 0.317 e. The van der Waals surface area contributed by atoms with Gasteiger partial charge in [0.1, 0.15) is 0 Å². The van der Waals surface area contributed by atoms with Gasteiger partial charge < -0.3 is 20.4 Å². The third-order valence-corrected chi connectivity index (χ3v) is 4.90. The highest BCUT2D eigenvalue weighted by Gasteiger charge is 2.39. The quantitative estimate of drug-likeness (QED) is 0.692. The summed E-state index contributed by atoms with van der Waals surface area (Å²) < 4.78 is 0. The fourth-order valence-corrected chi connectivity index (χ4v) is 3.46. The predicted octanol–water partition coefficient (Wildman–Crippen LogP) is 1.44. The zero-order chi connectivity index (χ0) is 15.3. The second-order valence-electron chi connectivity index (χ2n) is 6.55. The molecule has 1 heterocycles. The molecule has 0 spiro atoms. The molecular formula is C15H26N2O4. The number of carbonyl (C=O) groups excluding carboxylic acids is 1. The number of hydrogen-bond acceptors (Lipinski definition) is 3. The van der Waals surface area contributed by atoms with Crippen LogP contribution in [0, 0.1) is 11.3 Å². The zero-order valence-corrected chi connectivity index (χ0v) is 12.5. The van der Waals surface area contributed by atoms with E-state index in [-0.39, 0.29) is 24.5 Å². The molecule has 6 nitrogen and oxygen atoms in total. The van der Waals surface area contributed by atoms with Crippen molar-refractivity contribution in [2.45, 2.75) is 44.9 Å². The van der Waals surface area contributed by atoms with Crippen molar-refractivity contribution in [3.63, 3.8) is 0 Å². The average molecular weight is 298 g/mol. The monoisotopic (exact) mass is 298 g/mol. The van der Waals surface area contributed by atoms with E-state index in [1.807, 2.05) is 0 Å². The molecule has 1 atom stereocenters. The summed E-state index contributed by atoms with van der Waals surface area (Å²) in [7, 11) is 0. The van der Waals surface area contributed by atoms with Gasteiger partial charge in [0.2, 0.25) is 0 Å². The van der Waals surface area contributed by atoms with E-state index in [1.165, 1.54) is 0 Å². The minimum absolute atomic E-state index is 0.0886. The number of likely N-dealkylation sites (tertiary alicyclic amines) is 1. The van der Waals surface area contributed by atoms with Crippen LogP contribution < -0.4 is 5.32 Å². The predicted molar refractivity (Wildman–Crippen MR) is 77.9 cm³/mol. The highest BCUT2D eigenvalue weighted by Crippen LogP contribution is 2.43. The highest BCUT2D eigenvalue weighted by atomic mass is 16.4. The van der Waals surface area contributed by atoms with Gasteiger partial charge in [0.15, 0.2) is 0 Å². The van der Waals surface area contributed by atoms with E-state index in [2.05, 4.69) is 5.32 Å². The molecular weight excluding hydrogens is 272 g/mol. The number of urea groups is 1. The number of aliphatic hydroxyl groups is 1. The van der Waals surface area contributed by atoms with E-state index in [0.29, 0.717) is 19.0 Å². The number of piperidine rings is 1. The number of carbonyl (C=O) groups is 2. The molecule has 1 aliphatic carbocycles. The Morgan fingerprint density at radius 2 is 2.05 bits per heavy atom. The normalized spacial score (nSPS) is 24.2. The number of amides is 2. The Morgan fingerprint density at radius 3 is 2.62 bits per heavy atom. The second kappa shape index (κ2) is 7.11. The van der Waals surface area contributed by atoms with Crippen LogP contribution in [0.4, 0.5) is 4.79 Å². The van der Waals surface area contributed by atoms with E-state index < -0.39 is 5.97 Å². The van der Waals surface area contributed by atoms with Gasteiger partial charge in [-0.3, -0.25) is 4.79 Å². The largest absolute Gasteiger partial charge is 0.481 e. The van der Waals surface area contributed by atoms with Gasteiger partial charge in [-0.1, -0.05) is 6.42 Å². The maximum atomic E-state index is 12.2. The van der Waals surface area contributed by atoms with Crippen LogP contribution in [-0.4, -0.2) is 53.4 Å². The third-order valence-electron chi connectivity index (χ3n) is 4.90. The van der Waals surface area contributed by atoms with Crippen LogP contribution in [0.15, 0.2) is 0 Å². The standard InChI is InChI=1S/C15H26N2O4/c18-8-4-12-3-1-7-17(10-12)14(21)16-11-15(5-2-6-15)9-13(19)20/h12,18H,1-11H2,(H,16,21)(H,19,20). The van der Waals surface area contributed by atoms with Crippen molar-refractivity contribution in [3.05, 3.63) is 0 Å². The molecule has 3 N–H and O–H groups in total. The number of hydrogen-bond donors (Lipinski definition) is 3. The highest BCUT2D eigenvalue weighted by molar-refractivity contribution is 5.74. The number of aliphatic carboxylic acids is 1. The number of nitrogens with one attached hydrogen (secondary N) is 1. The molecule has 2 aliphatic rings. The van der Waals surface area contributed by atoms with Gasteiger partial charge >= 0.3 is 12.0 Å². The Balaban J connectivity index is 1.79. The summed E-state index contributed by atoms with van der Waals surface area (Å²) in [6.07, 6.45) is 5.73. The molecule has 2 amide bonds. The van der Waals surface area contributed by atoms with Gasteiger partial charge in [0.05, 0.1) is 6.42 Å². The van der Waals surface area contributed by atoms with Gasteiger partial charge in [-0.2, -0.15) is 0 Å². The van der Waals surface area contributed by atoms with Crippen molar-refractivity contribution in [1.29, 1.82) is 0 Å². The number of nitrogens with zero attached hydrogens (tertiary/aromatic N) is 1. The molecule has 1 aliphatic heterocycles. The maximum Gasteiger partial charge on any atom is 0.317 e. The minimum atomic E-state index is -0.787. The first-order valence-electron chi connectivity index (χ1n) is 7.90. The summed E-state index contributed by atoms with van der Waals surface area (Å²) in [5.74, 6) is -0.406. The lowest BCUT2D eigenvalue weighted by atomic mass is 9.66. The summed E-state index contributed by atoms with van der Waals surface area (Å²) in [6, 6.07) is -0.0886. The Hall–Kier alpha value is -1.30. The number of carboxylic acid groups (broad SMARTS) is 1. The fraction of sp³-hybridized carbons (Fsp3) is 0.867. The van der Waals surface area contributed by atoms with E-state index in [4.69, 9.17) is 10.2 Å². The van der Waals surface area contributed by atoms with Crippen molar-refractivity contribution in [2.24, 2.45) is 11.3 Å². The van der Waals surface area contributed by atoms with Crippen molar-refractivity contribution < 1.29 is 19.8 Å². The molecule has 1 saturated heterocycles. The lowest BCUT2D eigenvalue weighted by molar-refractivity contribution is -0.141. The third kappa shape index (κ3) is 4.33. The second-order valence-corrected chi connectivity index (χ2v) is 6.55. The number of rotatable bonds is 6. The molecule has 0 bridgehead atoms. The van der Waals surface area contributed by atoms with Crippen LogP contribution in [0.1, 0.15) is 44.9 Å². The van der Waals surface area contributed by atoms with Crippen LogP contribution >= 0.6 is 0 Å². The van der Waals surface area contributed by atoms with E-state index in [0.717, 1.165) is 45.1 Å². The van der Waals surface area contributed by atoms with E-state index in [9.17, 15) is 9.59 Å². The lowest BCUT2D eigenvalue weighted by Crippen LogP contribution is -2.50. The number of carboxylic acids is 1. The summed E-state index contributed by atoms with van der Waals surface area (Å²) >= 11 is 0. The fourth-order valence-electron chi connectivity index (χ4n) is 3.46. The zero-order valence-electron chi connectivity index (χ0n) is 12.5. The molecule has 0 aromatic rings. The first-order valence-corrected chi connectivity index (χ1v) is 7.90. The summed E-state index contributed by atoms with van der Waals surface area (Å²) in [5, 5.41) is 20.9. The minimum Gasteiger partial charge on any atom is -0.481 e. The van der Waals surface area contributed by atoms with Crippen LogP contribution in [0.25, 0.3) is 0 Å². The van der Waals surface area contributed by atoms with Gasteiger partial charge in [0, 0.05) is 26.2 Å². The van der Waals surface area contributed by atoms with Crippen molar-refractivity contribution in [3.8, 4) is 0 Å².